The molecule has 3 aliphatic rings. The van der Waals surface area contributed by atoms with Crippen molar-refractivity contribution in [2.24, 2.45) is 5.92 Å². The number of hydrogen-bond donors (Lipinski definition) is 1. The fourth-order valence-corrected chi connectivity index (χ4v) is 3.88. The van der Waals surface area contributed by atoms with Gasteiger partial charge in [0.05, 0.1) is 0 Å². The highest BCUT2D eigenvalue weighted by atomic mass is 15.3. The van der Waals surface area contributed by atoms with Crippen LogP contribution in [-0.4, -0.2) is 61.7 Å². The van der Waals surface area contributed by atoms with Crippen LogP contribution in [-0.2, 0) is 0 Å². The van der Waals surface area contributed by atoms with E-state index in [1.807, 2.05) is 0 Å². The van der Waals surface area contributed by atoms with E-state index in [0.717, 1.165) is 12.0 Å². The van der Waals surface area contributed by atoms with Crippen LogP contribution in [0.3, 0.4) is 0 Å². The maximum Gasteiger partial charge on any atom is 0.0223 e. The normalized spacial score (nSPS) is 33.5. The van der Waals surface area contributed by atoms with E-state index >= 15 is 0 Å². The predicted octanol–water partition coefficient (Wildman–Crippen LogP) is 1.16. The molecule has 1 N–H and O–H groups in total. The third-order valence-corrected chi connectivity index (χ3v) is 4.86. The molecule has 3 heterocycles. The van der Waals surface area contributed by atoms with Gasteiger partial charge in [0.25, 0.3) is 0 Å². The van der Waals surface area contributed by atoms with Crippen LogP contribution in [0.2, 0.25) is 0 Å². The molecule has 3 heteroatoms. The van der Waals surface area contributed by atoms with Gasteiger partial charge in [0.1, 0.15) is 0 Å². The lowest BCUT2D eigenvalue weighted by molar-refractivity contribution is 0.183. The van der Waals surface area contributed by atoms with Gasteiger partial charge in [-0.3, -0.25) is 4.90 Å². The van der Waals surface area contributed by atoms with Crippen LogP contribution >= 0.6 is 0 Å². The summed E-state index contributed by atoms with van der Waals surface area (Å²) in [7, 11) is 0. The monoisotopic (exact) mass is 237 g/mol. The molecule has 0 spiro atoms. The highest BCUT2D eigenvalue weighted by molar-refractivity contribution is 4.86. The van der Waals surface area contributed by atoms with Gasteiger partial charge in [-0.2, -0.15) is 0 Å². The Morgan fingerprint density at radius 2 is 1.76 bits per heavy atom. The second-order valence-corrected chi connectivity index (χ2v) is 6.14. The fraction of sp³-hybridized carbons (Fsp3) is 1.00. The van der Waals surface area contributed by atoms with Crippen LogP contribution in [0.1, 0.15) is 32.1 Å². The number of hydrogen-bond acceptors (Lipinski definition) is 3. The van der Waals surface area contributed by atoms with Crippen molar-refractivity contribution >= 4 is 0 Å². The topological polar surface area (TPSA) is 18.5 Å². The average molecular weight is 237 g/mol. The lowest BCUT2D eigenvalue weighted by atomic mass is 9.97. The molecule has 17 heavy (non-hydrogen) atoms. The summed E-state index contributed by atoms with van der Waals surface area (Å²) in [5.74, 6) is 0.962. The summed E-state index contributed by atoms with van der Waals surface area (Å²) in [6.45, 7) is 9.27. The molecule has 0 saturated carbocycles. The summed E-state index contributed by atoms with van der Waals surface area (Å²) >= 11 is 0. The molecule has 3 saturated heterocycles. The Kier molecular flexibility index (Phi) is 3.99. The Morgan fingerprint density at radius 1 is 0.941 bits per heavy atom. The standard InChI is InChI=1S/C14H27N3/c1-3-14-12-16(8-2-10-17(14)9-1)11-13-4-6-15-7-5-13/h13-15H,1-12H2. The summed E-state index contributed by atoms with van der Waals surface area (Å²) in [5.41, 5.74) is 0. The molecule has 0 aliphatic carbocycles. The Labute approximate surface area is 106 Å². The van der Waals surface area contributed by atoms with E-state index < -0.39 is 0 Å². The van der Waals surface area contributed by atoms with Crippen molar-refractivity contribution in [3.63, 3.8) is 0 Å². The molecular weight excluding hydrogens is 210 g/mol. The van der Waals surface area contributed by atoms with Gasteiger partial charge in [0.15, 0.2) is 0 Å². The third kappa shape index (κ3) is 3.01. The molecule has 1 atom stereocenters. The van der Waals surface area contributed by atoms with Gasteiger partial charge in [-0.05, 0) is 70.7 Å². The largest absolute Gasteiger partial charge is 0.317 e. The minimum atomic E-state index is 0.888. The van der Waals surface area contributed by atoms with Crippen LogP contribution in [0.25, 0.3) is 0 Å². The second kappa shape index (κ2) is 5.68. The van der Waals surface area contributed by atoms with Crippen LogP contribution in [0.4, 0.5) is 0 Å². The highest BCUT2D eigenvalue weighted by Crippen LogP contribution is 2.23. The smallest absolute Gasteiger partial charge is 0.0223 e. The molecule has 0 radical (unpaired) electrons. The van der Waals surface area contributed by atoms with Crippen LogP contribution in [0.15, 0.2) is 0 Å². The average Bonchev–Trinajstić information content (AvgIpc) is 2.70. The maximum atomic E-state index is 3.47. The van der Waals surface area contributed by atoms with Crippen molar-refractivity contribution in [1.29, 1.82) is 0 Å². The minimum Gasteiger partial charge on any atom is -0.317 e. The SMILES string of the molecule is C1CC2CN(CC3CCNCC3)CCCN2C1. The number of rotatable bonds is 2. The Bertz CT molecular complexity index is 238. The Morgan fingerprint density at radius 3 is 2.65 bits per heavy atom. The number of piperidine rings is 1. The summed E-state index contributed by atoms with van der Waals surface area (Å²) in [6, 6.07) is 0.888. The zero-order chi connectivity index (χ0) is 11.5. The summed E-state index contributed by atoms with van der Waals surface area (Å²) in [6.07, 6.45) is 7.06. The van der Waals surface area contributed by atoms with E-state index in [9.17, 15) is 0 Å². The molecule has 1 unspecified atom stereocenters. The molecule has 0 bridgehead atoms. The maximum absolute atomic E-state index is 3.47. The van der Waals surface area contributed by atoms with Crippen molar-refractivity contribution in [1.82, 2.24) is 15.1 Å². The van der Waals surface area contributed by atoms with E-state index in [1.165, 1.54) is 77.9 Å². The number of fused-ring (bicyclic) bond motifs is 1. The highest BCUT2D eigenvalue weighted by Gasteiger charge is 2.29. The first-order valence-electron chi connectivity index (χ1n) is 7.59. The van der Waals surface area contributed by atoms with Gasteiger partial charge < -0.3 is 10.2 Å². The van der Waals surface area contributed by atoms with Crippen LogP contribution < -0.4 is 5.32 Å². The molecule has 0 aromatic carbocycles. The molecule has 3 rings (SSSR count). The van der Waals surface area contributed by atoms with Gasteiger partial charge in [0, 0.05) is 19.1 Å². The molecule has 3 nitrogen and oxygen atoms in total. The van der Waals surface area contributed by atoms with Crippen LogP contribution in [0.5, 0.6) is 0 Å². The van der Waals surface area contributed by atoms with Gasteiger partial charge in [-0.1, -0.05) is 0 Å². The molecular formula is C14H27N3. The minimum absolute atomic E-state index is 0.888. The van der Waals surface area contributed by atoms with Crippen molar-refractivity contribution in [2.45, 2.75) is 38.1 Å². The van der Waals surface area contributed by atoms with E-state index in [1.54, 1.807) is 0 Å². The zero-order valence-electron chi connectivity index (χ0n) is 11.0. The van der Waals surface area contributed by atoms with Crippen molar-refractivity contribution in [3.05, 3.63) is 0 Å². The lowest BCUT2D eigenvalue weighted by Crippen LogP contribution is -2.40. The molecule has 0 aromatic rings. The Hall–Kier alpha value is -0.120. The summed E-state index contributed by atoms with van der Waals surface area (Å²) < 4.78 is 0. The fourth-order valence-electron chi connectivity index (χ4n) is 3.88. The molecule has 3 aliphatic heterocycles. The number of nitrogens with zero attached hydrogens (tertiary/aromatic N) is 2. The second-order valence-electron chi connectivity index (χ2n) is 6.14. The molecule has 3 fully saturated rings. The molecule has 98 valence electrons. The third-order valence-electron chi connectivity index (χ3n) is 4.86. The zero-order valence-corrected chi connectivity index (χ0v) is 11.0. The van der Waals surface area contributed by atoms with Gasteiger partial charge in [-0.15, -0.1) is 0 Å². The lowest BCUT2D eigenvalue weighted by Gasteiger charge is -2.31. The quantitative estimate of drug-likeness (QED) is 0.777. The summed E-state index contributed by atoms with van der Waals surface area (Å²) in [4.78, 5) is 5.51. The van der Waals surface area contributed by atoms with E-state index in [0.29, 0.717) is 0 Å². The first-order valence-corrected chi connectivity index (χ1v) is 7.59. The van der Waals surface area contributed by atoms with Gasteiger partial charge >= 0.3 is 0 Å². The van der Waals surface area contributed by atoms with Gasteiger partial charge in [0.2, 0.25) is 0 Å². The Balaban J connectivity index is 1.52. The van der Waals surface area contributed by atoms with Crippen LogP contribution in [0, 0.1) is 5.92 Å². The number of nitrogens with one attached hydrogen (secondary N) is 1. The van der Waals surface area contributed by atoms with E-state index in [2.05, 4.69) is 15.1 Å². The van der Waals surface area contributed by atoms with E-state index in [-0.39, 0.29) is 0 Å². The molecule has 0 amide bonds. The van der Waals surface area contributed by atoms with E-state index in [4.69, 9.17) is 0 Å². The first kappa shape index (κ1) is 11.9. The first-order chi connectivity index (χ1) is 8.42. The molecule has 0 aromatic heterocycles. The van der Waals surface area contributed by atoms with Crippen molar-refractivity contribution in [3.8, 4) is 0 Å². The summed E-state index contributed by atoms with van der Waals surface area (Å²) in [5, 5.41) is 3.47. The van der Waals surface area contributed by atoms with Crippen molar-refractivity contribution < 1.29 is 0 Å². The van der Waals surface area contributed by atoms with Crippen molar-refractivity contribution in [2.75, 3.05) is 45.8 Å². The van der Waals surface area contributed by atoms with Gasteiger partial charge in [-0.25, -0.2) is 0 Å². The predicted molar refractivity (Wildman–Crippen MR) is 71.2 cm³/mol.